The maximum absolute atomic E-state index is 11.3. The Balaban J connectivity index is 1.83. The molecule has 2 rings (SSSR count). The van der Waals surface area contributed by atoms with Crippen LogP contribution < -0.4 is 0 Å². The number of hydrogen-bond donors (Lipinski definition) is 0. The van der Waals surface area contributed by atoms with Crippen molar-refractivity contribution in [1.29, 1.82) is 0 Å². The number of hydrogen-bond acceptors (Lipinski definition) is 6. The predicted octanol–water partition coefficient (Wildman–Crippen LogP) is 2.50. The van der Waals surface area contributed by atoms with E-state index >= 15 is 0 Å². The van der Waals surface area contributed by atoms with Crippen LogP contribution in [0, 0.1) is 11.3 Å². The molecule has 0 aromatic heterocycles. The lowest BCUT2D eigenvalue weighted by molar-refractivity contribution is -0.363. The van der Waals surface area contributed by atoms with Crippen molar-refractivity contribution in [3.63, 3.8) is 0 Å². The predicted molar refractivity (Wildman–Crippen MR) is 83.8 cm³/mol. The van der Waals surface area contributed by atoms with E-state index in [9.17, 15) is 4.79 Å². The van der Waals surface area contributed by atoms with Gasteiger partial charge in [0.15, 0.2) is 11.6 Å². The molecular formula is C17H30O6. The molecule has 2 saturated heterocycles. The molecule has 0 aromatic rings. The lowest BCUT2D eigenvalue weighted by atomic mass is 9.88. The SMILES string of the molecule is COC(=O)CCC1(C)OCC2(CO1)COC(C)(CC(C)C)OC2. The van der Waals surface area contributed by atoms with E-state index in [1.54, 1.807) is 0 Å². The fraction of sp³-hybridized carbons (Fsp3) is 0.941. The number of carbonyl (C=O) groups excluding carboxylic acids is 1. The van der Waals surface area contributed by atoms with Crippen molar-refractivity contribution < 1.29 is 28.5 Å². The Morgan fingerprint density at radius 3 is 1.91 bits per heavy atom. The monoisotopic (exact) mass is 330 g/mol. The molecule has 0 aliphatic carbocycles. The van der Waals surface area contributed by atoms with E-state index in [4.69, 9.17) is 18.9 Å². The molecule has 2 fully saturated rings. The van der Waals surface area contributed by atoms with Crippen LogP contribution in [0.4, 0.5) is 0 Å². The molecule has 0 aromatic carbocycles. The maximum atomic E-state index is 11.3. The molecule has 0 radical (unpaired) electrons. The number of methoxy groups -OCH3 is 1. The Kier molecular flexibility index (Phi) is 5.72. The van der Waals surface area contributed by atoms with Crippen LogP contribution in [0.5, 0.6) is 0 Å². The molecule has 0 saturated carbocycles. The van der Waals surface area contributed by atoms with Gasteiger partial charge in [-0.3, -0.25) is 4.79 Å². The number of rotatable bonds is 5. The Morgan fingerprint density at radius 2 is 1.48 bits per heavy atom. The van der Waals surface area contributed by atoms with Crippen LogP contribution in [0.3, 0.4) is 0 Å². The zero-order valence-electron chi connectivity index (χ0n) is 15.0. The third-order valence-corrected chi connectivity index (χ3v) is 4.52. The summed E-state index contributed by atoms with van der Waals surface area (Å²) in [7, 11) is 1.38. The quantitative estimate of drug-likeness (QED) is 0.722. The summed E-state index contributed by atoms with van der Waals surface area (Å²) in [6.45, 7) is 10.3. The van der Waals surface area contributed by atoms with Crippen molar-refractivity contribution in [3.8, 4) is 0 Å². The van der Waals surface area contributed by atoms with E-state index in [-0.39, 0.29) is 17.8 Å². The number of carbonyl (C=O) groups is 1. The van der Waals surface area contributed by atoms with Crippen LogP contribution in [-0.4, -0.2) is 51.1 Å². The molecule has 2 aliphatic heterocycles. The molecule has 6 nitrogen and oxygen atoms in total. The normalized spacial score (nSPS) is 38.0. The second-order valence-electron chi connectivity index (χ2n) is 7.60. The van der Waals surface area contributed by atoms with Gasteiger partial charge in [-0.2, -0.15) is 0 Å². The topological polar surface area (TPSA) is 63.2 Å². The summed E-state index contributed by atoms with van der Waals surface area (Å²) >= 11 is 0. The summed E-state index contributed by atoms with van der Waals surface area (Å²) in [5, 5.41) is 0. The molecule has 0 amide bonds. The van der Waals surface area contributed by atoms with Crippen molar-refractivity contribution in [3.05, 3.63) is 0 Å². The summed E-state index contributed by atoms with van der Waals surface area (Å²) in [4.78, 5) is 11.3. The van der Waals surface area contributed by atoms with Gasteiger partial charge in [0.1, 0.15) is 0 Å². The van der Waals surface area contributed by atoms with Gasteiger partial charge in [0.05, 0.1) is 45.4 Å². The minimum atomic E-state index is -0.752. The van der Waals surface area contributed by atoms with Gasteiger partial charge >= 0.3 is 5.97 Å². The first-order chi connectivity index (χ1) is 10.7. The fourth-order valence-corrected chi connectivity index (χ4v) is 2.99. The van der Waals surface area contributed by atoms with Gasteiger partial charge in [-0.25, -0.2) is 0 Å². The van der Waals surface area contributed by atoms with Gasteiger partial charge in [0.2, 0.25) is 0 Å². The summed E-state index contributed by atoms with van der Waals surface area (Å²) in [5.41, 5.74) is -0.263. The standard InChI is InChI=1S/C17H30O6/c1-13(2)8-16(4)22-11-17(12-23-16)9-20-15(3,21-10-17)7-6-14(18)19-5/h13H,6-12H2,1-5H3. The lowest BCUT2D eigenvalue weighted by Crippen LogP contribution is -2.57. The third-order valence-electron chi connectivity index (χ3n) is 4.52. The zero-order chi connectivity index (χ0) is 17.1. The second kappa shape index (κ2) is 7.05. The molecule has 0 atom stereocenters. The van der Waals surface area contributed by atoms with Gasteiger partial charge in [0, 0.05) is 12.8 Å². The van der Waals surface area contributed by atoms with Crippen molar-refractivity contribution in [2.24, 2.45) is 11.3 Å². The molecular weight excluding hydrogens is 300 g/mol. The Bertz CT molecular complexity index is 401. The smallest absolute Gasteiger partial charge is 0.305 e. The van der Waals surface area contributed by atoms with E-state index < -0.39 is 11.6 Å². The third kappa shape index (κ3) is 4.89. The molecule has 6 heteroatoms. The Morgan fingerprint density at radius 1 is 1.00 bits per heavy atom. The first-order valence-electron chi connectivity index (χ1n) is 8.33. The maximum Gasteiger partial charge on any atom is 0.305 e. The average molecular weight is 330 g/mol. The summed E-state index contributed by atoms with van der Waals surface area (Å²) in [5.74, 6) is -1.02. The van der Waals surface area contributed by atoms with Crippen LogP contribution in [0.15, 0.2) is 0 Å². The molecule has 0 unspecified atom stereocenters. The molecule has 23 heavy (non-hydrogen) atoms. The van der Waals surface area contributed by atoms with E-state index in [0.717, 1.165) is 6.42 Å². The second-order valence-corrected chi connectivity index (χ2v) is 7.60. The average Bonchev–Trinajstić information content (AvgIpc) is 2.51. The van der Waals surface area contributed by atoms with Crippen molar-refractivity contribution in [2.45, 2.75) is 58.5 Å². The van der Waals surface area contributed by atoms with Crippen LogP contribution in [0.2, 0.25) is 0 Å². The molecule has 1 spiro atoms. The van der Waals surface area contributed by atoms with Crippen molar-refractivity contribution >= 4 is 5.97 Å². The number of esters is 1. The minimum absolute atomic E-state index is 0.257. The van der Waals surface area contributed by atoms with Crippen LogP contribution in [0.1, 0.15) is 47.0 Å². The first kappa shape index (κ1) is 18.6. The van der Waals surface area contributed by atoms with E-state index in [1.807, 2.05) is 13.8 Å². The van der Waals surface area contributed by atoms with E-state index in [2.05, 4.69) is 18.6 Å². The summed E-state index contributed by atoms with van der Waals surface area (Å²) < 4.78 is 28.5. The van der Waals surface area contributed by atoms with Crippen LogP contribution in [-0.2, 0) is 28.5 Å². The van der Waals surface area contributed by atoms with Gasteiger partial charge < -0.3 is 23.7 Å². The minimum Gasteiger partial charge on any atom is -0.469 e. The fourth-order valence-electron chi connectivity index (χ4n) is 2.99. The molecule has 134 valence electrons. The lowest BCUT2D eigenvalue weighted by Gasteiger charge is -2.50. The Hall–Kier alpha value is -0.690. The van der Waals surface area contributed by atoms with Gasteiger partial charge in [-0.15, -0.1) is 0 Å². The van der Waals surface area contributed by atoms with Gasteiger partial charge in [-0.1, -0.05) is 13.8 Å². The van der Waals surface area contributed by atoms with Crippen LogP contribution >= 0.6 is 0 Å². The van der Waals surface area contributed by atoms with Crippen molar-refractivity contribution in [2.75, 3.05) is 33.5 Å². The Labute approximate surface area is 138 Å². The summed E-state index contributed by atoms with van der Waals surface area (Å²) in [6, 6.07) is 0. The summed E-state index contributed by atoms with van der Waals surface area (Å²) in [6.07, 6.45) is 1.61. The zero-order valence-corrected chi connectivity index (χ0v) is 15.0. The van der Waals surface area contributed by atoms with E-state index in [0.29, 0.717) is 38.8 Å². The van der Waals surface area contributed by atoms with Crippen LogP contribution in [0.25, 0.3) is 0 Å². The largest absolute Gasteiger partial charge is 0.469 e. The highest BCUT2D eigenvalue weighted by Crippen LogP contribution is 2.39. The molecule has 0 bridgehead atoms. The molecule has 2 aliphatic rings. The van der Waals surface area contributed by atoms with Gasteiger partial charge in [0.25, 0.3) is 0 Å². The molecule has 0 N–H and O–H groups in total. The molecule has 2 heterocycles. The highest BCUT2D eigenvalue weighted by atomic mass is 16.7. The first-order valence-corrected chi connectivity index (χ1v) is 8.33. The van der Waals surface area contributed by atoms with Gasteiger partial charge in [-0.05, 0) is 19.8 Å². The van der Waals surface area contributed by atoms with Crippen molar-refractivity contribution in [1.82, 2.24) is 0 Å². The number of ether oxygens (including phenoxy) is 5. The highest BCUT2D eigenvalue weighted by molar-refractivity contribution is 5.69. The highest BCUT2D eigenvalue weighted by Gasteiger charge is 2.48. The van der Waals surface area contributed by atoms with E-state index in [1.165, 1.54) is 7.11 Å².